The SMILES string of the molecule is Cc1ccc2ccccc2c1.Cc1ccc2oc(C(=O)NCC(=O)N3CCN(c4ccccc4CN4CCCC4=O)CC3)cc(=O)c2c1. The molecule has 2 saturated heterocycles. The summed E-state index contributed by atoms with van der Waals surface area (Å²) in [4.78, 5) is 55.7. The van der Waals surface area contributed by atoms with Gasteiger partial charge in [0.15, 0.2) is 11.2 Å². The second-order valence-electron chi connectivity index (χ2n) is 12.4. The Bertz CT molecular complexity index is 2030. The van der Waals surface area contributed by atoms with Gasteiger partial charge in [-0.15, -0.1) is 0 Å². The smallest absolute Gasteiger partial charge is 0.287 e. The number of carbonyl (C=O) groups excluding carboxylic acids is 3. The molecule has 48 heavy (non-hydrogen) atoms. The number of rotatable bonds is 6. The van der Waals surface area contributed by atoms with Crippen LogP contribution >= 0.6 is 0 Å². The zero-order chi connectivity index (χ0) is 33.6. The van der Waals surface area contributed by atoms with E-state index in [2.05, 4.69) is 71.7 Å². The van der Waals surface area contributed by atoms with E-state index >= 15 is 0 Å². The molecule has 0 radical (unpaired) electrons. The summed E-state index contributed by atoms with van der Waals surface area (Å²) >= 11 is 0. The van der Waals surface area contributed by atoms with Crippen molar-refractivity contribution in [3.05, 3.63) is 124 Å². The summed E-state index contributed by atoms with van der Waals surface area (Å²) in [7, 11) is 0. The van der Waals surface area contributed by atoms with Crippen molar-refractivity contribution < 1.29 is 18.8 Å². The van der Waals surface area contributed by atoms with Crippen molar-refractivity contribution in [2.75, 3.05) is 44.2 Å². The van der Waals surface area contributed by atoms with Gasteiger partial charge in [-0.25, -0.2) is 0 Å². The first-order valence-corrected chi connectivity index (χ1v) is 16.4. The molecule has 5 aromatic rings. The monoisotopic (exact) mass is 644 g/mol. The molecule has 0 atom stereocenters. The van der Waals surface area contributed by atoms with Crippen LogP contribution in [-0.4, -0.2) is 66.8 Å². The van der Waals surface area contributed by atoms with Gasteiger partial charge in [0.25, 0.3) is 5.91 Å². The lowest BCUT2D eigenvalue weighted by atomic mass is 10.1. The number of piperazine rings is 1. The van der Waals surface area contributed by atoms with Crippen molar-refractivity contribution in [3.8, 4) is 0 Å². The molecule has 2 aliphatic rings. The second-order valence-corrected chi connectivity index (χ2v) is 12.4. The number of benzene rings is 4. The second kappa shape index (κ2) is 14.5. The van der Waals surface area contributed by atoms with E-state index in [1.54, 1.807) is 23.1 Å². The van der Waals surface area contributed by atoms with Crippen molar-refractivity contribution in [1.82, 2.24) is 15.1 Å². The van der Waals surface area contributed by atoms with E-state index in [1.807, 2.05) is 24.0 Å². The van der Waals surface area contributed by atoms with E-state index in [0.717, 1.165) is 35.8 Å². The summed E-state index contributed by atoms with van der Waals surface area (Å²) in [5.41, 5.74) is 4.48. The molecule has 0 aliphatic carbocycles. The quantitative estimate of drug-likeness (QED) is 0.264. The average Bonchev–Trinajstić information content (AvgIpc) is 3.51. The van der Waals surface area contributed by atoms with Gasteiger partial charge in [0.2, 0.25) is 11.8 Å². The van der Waals surface area contributed by atoms with E-state index < -0.39 is 5.91 Å². The summed E-state index contributed by atoms with van der Waals surface area (Å²) in [6.45, 7) is 7.57. The number of para-hydroxylation sites is 1. The van der Waals surface area contributed by atoms with Crippen LogP contribution in [0.5, 0.6) is 0 Å². The molecule has 9 heteroatoms. The number of aryl methyl sites for hydroxylation is 2. The number of nitrogens with zero attached hydrogens (tertiary/aromatic N) is 3. The number of nitrogens with one attached hydrogen (secondary N) is 1. The molecule has 4 aromatic carbocycles. The minimum absolute atomic E-state index is 0.118. The Morgan fingerprint density at radius 1 is 0.771 bits per heavy atom. The van der Waals surface area contributed by atoms with Gasteiger partial charge in [-0.1, -0.05) is 77.9 Å². The third kappa shape index (κ3) is 7.57. The average molecular weight is 645 g/mol. The highest BCUT2D eigenvalue weighted by molar-refractivity contribution is 5.95. The Labute approximate surface area is 279 Å². The topological polar surface area (TPSA) is 103 Å². The number of fused-ring (bicyclic) bond motifs is 2. The third-order valence-corrected chi connectivity index (χ3v) is 8.91. The molecule has 0 bridgehead atoms. The van der Waals surface area contributed by atoms with Crippen LogP contribution < -0.4 is 15.6 Å². The van der Waals surface area contributed by atoms with Gasteiger partial charge in [-0.05, 0) is 54.8 Å². The molecular weight excluding hydrogens is 604 g/mol. The van der Waals surface area contributed by atoms with Crippen LogP contribution in [0.1, 0.15) is 40.1 Å². The Balaban J connectivity index is 0.000000307. The summed E-state index contributed by atoms with van der Waals surface area (Å²) in [6, 6.07) is 29.4. The number of amides is 3. The van der Waals surface area contributed by atoms with Crippen molar-refractivity contribution in [3.63, 3.8) is 0 Å². The summed E-state index contributed by atoms with van der Waals surface area (Å²) < 4.78 is 5.60. The van der Waals surface area contributed by atoms with Gasteiger partial charge in [0.1, 0.15) is 5.58 Å². The van der Waals surface area contributed by atoms with Crippen LogP contribution in [0.15, 0.2) is 100 Å². The fourth-order valence-corrected chi connectivity index (χ4v) is 6.27. The molecule has 1 aromatic heterocycles. The maximum Gasteiger partial charge on any atom is 0.287 e. The van der Waals surface area contributed by atoms with Crippen LogP contribution in [0.2, 0.25) is 0 Å². The molecule has 0 unspecified atom stereocenters. The molecular formula is C39H40N4O5. The number of anilines is 1. The molecule has 1 N–H and O–H groups in total. The van der Waals surface area contributed by atoms with Crippen molar-refractivity contribution >= 4 is 45.2 Å². The highest BCUT2D eigenvalue weighted by Crippen LogP contribution is 2.25. The van der Waals surface area contributed by atoms with Gasteiger partial charge < -0.3 is 24.4 Å². The van der Waals surface area contributed by atoms with Gasteiger partial charge in [-0.2, -0.15) is 0 Å². The first-order valence-electron chi connectivity index (χ1n) is 16.4. The first-order chi connectivity index (χ1) is 23.2. The van der Waals surface area contributed by atoms with Crippen LogP contribution in [0.4, 0.5) is 5.69 Å². The largest absolute Gasteiger partial charge is 0.451 e. The summed E-state index contributed by atoms with van der Waals surface area (Å²) in [6.07, 6.45) is 1.53. The standard InChI is InChI=1S/C28H30N4O5.C11H10/c1-19-8-9-24-21(15-19)23(33)16-25(37-24)28(36)29-17-27(35)31-13-11-30(12-14-31)22-6-3-2-5-20(22)18-32-10-4-7-26(32)34;1-9-6-7-10-4-2-3-5-11(10)8-9/h2-3,5-6,8-9,15-16H,4,7,10-14,17-18H2,1H3,(H,29,36);2-8H,1H3. The lowest BCUT2D eigenvalue weighted by Crippen LogP contribution is -2.51. The summed E-state index contributed by atoms with van der Waals surface area (Å²) in [5.74, 6) is -0.711. The van der Waals surface area contributed by atoms with Gasteiger partial charge in [0.05, 0.1) is 11.9 Å². The Hall–Kier alpha value is -5.44. The highest BCUT2D eigenvalue weighted by Gasteiger charge is 2.25. The predicted molar refractivity (Wildman–Crippen MR) is 188 cm³/mol. The minimum atomic E-state index is -0.600. The van der Waals surface area contributed by atoms with Crippen molar-refractivity contribution in [1.29, 1.82) is 0 Å². The Morgan fingerprint density at radius 3 is 2.25 bits per heavy atom. The molecule has 7 rings (SSSR count). The van der Waals surface area contributed by atoms with Crippen LogP contribution in [0.25, 0.3) is 21.7 Å². The third-order valence-electron chi connectivity index (χ3n) is 8.91. The minimum Gasteiger partial charge on any atom is -0.451 e. The highest BCUT2D eigenvalue weighted by atomic mass is 16.3. The maximum atomic E-state index is 12.8. The van der Waals surface area contributed by atoms with E-state index in [1.165, 1.54) is 16.3 Å². The summed E-state index contributed by atoms with van der Waals surface area (Å²) in [5, 5.41) is 5.64. The van der Waals surface area contributed by atoms with Gasteiger partial charge >= 0.3 is 0 Å². The van der Waals surface area contributed by atoms with Crippen LogP contribution in [-0.2, 0) is 16.1 Å². The van der Waals surface area contributed by atoms with Gasteiger partial charge in [0, 0.05) is 57.4 Å². The van der Waals surface area contributed by atoms with E-state index in [9.17, 15) is 19.2 Å². The van der Waals surface area contributed by atoms with Crippen molar-refractivity contribution in [2.45, 2.75) is 33.2 Å². The van der Waals surface area contributed by atoms with E-state index in [4.69, 9.17) is 4.42 Å². The fraction of sp³-hybridized carbons (Fsp3) is 0.282. The maximum absolute atomic E-state index is 12.8. The lowest BCUT2D eigenvalue weighted by molar-refractivity contribution is -0.130. The van der Waals surface area contributed by atoms with Crippen LogP contribution in [0, 0.1) is 13.8 Å². The molecule has 3 amide bonds. The molecule has 2 aliphatic heterocycles. The zero-order valence-corrected chi connectivity index (χ0v) is 27.4. The number of hydrogen-bond acceptors (Lipinski definition) is 6. The normalized spacial score (nSPS) is 14.6. The Kier molecular flexibility index (Phi) is 9.85. The number of hydrogen-bond donors (Lipinski definition) is 1. The Morgan fingerprint density at radius 2 is 1.48 bits per heavy atom. The van der Waals surface area contributed by atoms with Crippen molar-refractivity contribution in [2.24, 2.45) is 0 Å². The van der Waals surface area contributed by atoms with E-state index in [0.29, 0.717) is 50.1 Å². The number of likely N-dealkylation sites (tertiary alicyclic amines) is 1. The molecule has 0 spiro atoms. The molecule has 2 fully saturated rings. The number of carbonyl (C=O) groups is 3. The molecule has 9 nitrogen and oxygen atoms in total. The lowest BCUT2D eigenvalue weighted by Gasteiger charge is -2.37. The van der Waals surface area contributed by atoms with E-state index in [-0.39, 0.29) is 29.5 Å². The molecule has 246 valence electrons. The fourth-order valence-electron chi connectivity index (χ4n) is 6.27. The molecule has 0 saturated carbocycles. The predicted octanol–water partition coefficient (Wildman–Crippen LogP) is 5.45. The first kappa shape index (κ1) is 32.5. The molecule has 3 heterocycles. The van der Waals surface area contributed by atoms with Gasteiger partial charge in [-0.3, -0.25) is 19.2 Å². The van der Waals surface area contributed by atoms with Crippen LogP contribution in [0.3, 0.4) is 0 Å². The zero-order valence-electron chi connectivity index (χ0n) is 27.4.